The Hall–Kier alpha value is -1.51. The lowest BCUT2D eigenvalue weighted by Crippen LogP contribution is -2.12. The predicted molar refractivity (Wildman–Crippen MR) is 75.8 cm³/mol. The minimum atomic E-state index is -0.702. The number of ether oxygens (including phenoxy) is 1. The van der Waals surface area contributed by atoms with Gasteiger partial charge in [0.05, 0.1) is 6.61 Å². The minimum Gasteiger partial charge on any atom is -0.493 e. The molecule has 98 valence electrons. The first-order valence-electron chi connectivity index (χ1n) is 6.44. The first-order valence-corrected chi connectivity index (χ1v) is 6.81. The van der Waals surface area contributed by atoms with E-state index in [9.17, 15) is 5.11 Å². The average molecular weight is 275 g/mol. The maximum atomic E-state index is 10.5. The highest BCUT2D eigenvalue weighted by atomic mass is 35.5. The zero-order valence-corrected chi connectivity index (χ0v) is 11.2. The molecule has 2 aromatic carbocycles. The number of fused-ring (bicyclic) bond motifs is 1. The summed E-state index contributed by atoms with van der Waals surface area (Å²) in [6.07, 6.45) is 1.33. The van der Waals surface area contributed by atoms with Crippen LogP contribution in [0.5, 0.6) is 5.75 Å². The normalized spacial score (nSPS) is 15.5. The van der Waals surface area contributed by atoms with E-state index in [0.29, 0.717) is 11.6 Å². The maximum absolute atomic E-state index is 10.5. The summed E-state index contributed by atoms with van der Waals surface area (Å²) in [5, 5.41) is 11.2. The Labute approximate surface area is 117 Å². The second kappa shape index (κ2) is 5.24. The molecule has 0 radical (unpaired) electrons. The number of hydrogen-bond donors (Lipinski definition) is 1. The number of halogens is 1. The molecule has 19 heavy (non-hydrogen) atoms. The van der Waals surface area contributed by atoms with E-state index in [1.165, 1.54) is 5.56 Å². The van der Waals surface area contributed by atoms with Crippen molar-refractivity contribution < 1.29 is 9.84 Å². The molecule has 1 aliphatic rings. The Bertz CT molecular complexity index is 595. The van der Waals surface area contributed by atoms with Crippen LogP contribution >= 0.6 is 11.6 Å². The molecule has 1 atom stereocenters. The van der Waals surface area contributed by atoms with E-state index in [1.54, 1.807) is 12.1 Å². The van der Waals surface area contributed by atoms with Gasteiger partial charge in [0.2, 0.25) is 0 Å². The fraction of sp³-hybridized carbons (Fsp3) is 0.250. The Morgan fingerprint density at radius 3 is 2.84 bits per heavy atom. The lowest BCUT2D eigenvalue weighted by atomic mass is 9.96. The molecule has 0 saturated carbocycles. The molecule has 1 unspecified atom stereocenters. The van der Waals surface area contributed by atoms with Crippen molar-refractivity contribution in [1.82, 2.24) is 0 Å². The summed E-state index contributed by atoms with van der Waals surface area (Å²) >= 11 is 5.98. The summed E-state index contributed by atoms with van der Waals surface area (Å²) in [4.78, 5) is 0. The molecule has 0 aliphatic carbocycles. The van der Waals surface area contributed by atoms with Crippen molar-refractivity contribution in [2.75, 3.05) is 6.61 Å². The highest BCUT2D eigenvalue weighted by molar-refractivity contribution is 6.30. The number of aliphatic hydroxyl groups excluding tert-OH is 1. The van der Waals surface area contributed by atoms with Crippen molar-refractivity contribution in [2.24, 2.45) is 0 Å². The quantitative estimate of drug-likeness (QED) is 0.904. The Kier molecular flexibility index (Phi) is 3.45. The number of rotatable bonds is 2. The van der Waals surface area contributed by atoms with Crippen LogP contribution in [-0.4, -0.2) is 11.7 Å². The zero-order chi connectivity index (χ0) is 13.2. The molecule has 2 aromatic rings. The Morgan fingerprint density at radius 2 is 2.00 bits per heavy atom. The second-order valence-electron chi connectivity index (χ2n) is 4.75. The van der Waals surface area contributed by atoms with E-state index in [2.05, 4.69) is 6.07 Å². The summed E-state index contributed by atoms with van der Waals surface area (Å²) in [7, 11) is 0. The molecule has 1 heterocycles. The van der Waals surface area contributed by atoms with E-state index in [0.717, 1.165) is 29.7 Å². The van der Waals surface area contributed by atoms with Gasteiger partial charge in [0.25, 0.3) is 0 Å². The third-order valence-electron chi connectivity index (χ3n) is 3.42. The van der Waals surface area contributed by atoms with Gasteiger partial charge in [0, 0.05) is 10.6 Å². The van der Waals surface area contributed by atoms with Gasteiger partial charge in [0.15, 0.2) is 0 Å². The lowest BCUT2D eigenvalue weighted by Gasteiger charge is -2.23. The largest absolute Gasteiger partial charge is 0.493 e. The van der Waals surface area contributed by atoms with Crippen LogP contribution in [0.3, 0.4) is 0 Å². The first-order chi connectivity index (χ1) is 9.25. The Balaban J connectivity index is 2.02. The monoisotopic (exact) mass is 274 g/mol. The van der Waals surface area contributed by atoms with Crippen LogP contribution in [0.2, 0.25) is 5.02 Å². The van der Waals surface area contributed by atoms with E-state index in [1.807, 2.05) is 24.3 Å². The summed E-state index contributed by atoms with van der Waals surface area (Å²) < 4.78 is 5.73. The van der Waals surface area contributed by atoms with Gasteiger partial charge in [-0.15, -0.1) is 0 Å². The topological polar surface area (TPSA) is 29.5 Å². The van der Waals surface area contributed by atoms with Crippen LogP contribution in [0.15, 0.2) is 42.5 Å². The highest BCUT2D eigenvalue weighted by Gasteiger charge is 2.20. The molecule has 1 aliphatic heterocycles. The molecular weight excluding hydrogens is 260 g/mol. The third kappa shape index (κ3) is 2.46. The van der Waals surface area contributed by atoms with Crippen LogP contribution in [0, 0.1) is 0 Å². The van der Waals surface area contributed by atoms with Crippen molar-refractivity contribution in [3.8, 4) is 5.75 Å². The molecule has 0 fully saturated rings. The number of para-hydroxylation sites is 1. The van der Waals surface area contributed by atoms with Crippen molar-refractivity contribution in [2.45, 2.75) is 18.9 Å². The lowest BCUT2D eigenvalue weighted by molar-refractivity contribution is 0.206. The van der Waals surface area contributed by atoms with E-state index >= 15 is 0 Å². The van der Waals surface area contributed by atoms with Gasteiger partial charge >= 0.3 is 0 Å². The molecule has 0 bridgehead atoms. The molecule has 0 spiro atoms. The molecule has 3 heteroatoms. The van der Waals surface area contributed by atoms with E-state index in [4.69, 9.17) is 16.3 Å². The minimum absolute atomic E-state index is 0.627. The molecular formula is C16H15ClO2. The SMILES string of the molecule is OC(c1cccc(Cl)c1)c1cccc2c1OCCC2. The maximum Gasteiger partial charge on any atom is 0.128 e. The molecule has 2 nitrogen and oxygen atoms in total. The number of aryl methyl sites for hydroxylation is 1. The summed E-state index contributed by atoms with van der Waals surface area (Å²) in [6, 6.07) is 13.2. The van der Waals surface area contributed by atoms with Crippen LogP contribution in [-0.2, 0) is 6.42 Å². The highest BCUT2D eigenvalue weighted by Crippen LogP contribution is 2.35. The molecule has 0 amide bonds. The number of aliphatic hydroxyl groups is 1. The van der Waals surface area contributed by atoms with Crippen LogP contribution in [0.25, 0.3) is 0 Å². The average Bonchev–Trinajstić information content (AvgIpc) is 2.46. The van der Waals surface area contributed by atoms with Gasteiger partial charge in [0.1, 0.15) is 11.9 Å². The summed E-state index contributed by atoms with van der Waals surface area (Å²) in [6.45, 7) is 0.715. The predicted octanol–water partition coefficient (Wildman–Crippen LogP) is 3.75. The van der Waals surface area contributed by atoms with Gasteiger partial charge in [-0.25, -0.2) is 0 Å². The van der Waals surface area contributed by atoms with Crippen molar-refractivity contribution in [3.05, 3.63) is 64.2 Å². The van der Waals surface area contributed by atoms with Gasteiger partial charge in [-0.2, -0.15) is 0 Å². The molecule has 3 rings (SSSR count). The standard InChI is InChI=1S/C16H15ClO2/c17-13-7-1-5-12(10-13)15(18)14-8-2-4-11-6-3-9-19-16(11)14/h1-2,4-5,7-8,10,15,18H,3,6,9H2. The fourth-order valence-corrected chi connectivity index (χ4v) is 2.68. The molecule has 0 aromatic heterocycles. The molecule has 0 saturated heterocycles. The number of benzene rings is 2. The fourth-order valence-electron chi connectivity index (χ4n) is 2.49. The van der Waals surface area contributed by atoms with Gasteiger partial charge in [-0.1, -0.05) is 41.9 Å². The zero-order valence-electron chi connectivity index (χ0n) is 10.5. The Morgan fingerprint density at radius 1 is 1.16 bits per heavy atom. The van der Waals surface area contributed by atoms with Crippen molar-refractivity contribution >= 4 is 11.6 Å². The molecule has 1 N–H and O–H groups in total. The second-order valence-corrected chi connectivity index (χ2v) is 5.18. The summed E-state index contributed by atoms with van der Waals surface area (Å²) in [5.41, 5.74) is 2.78. The van der Waals surface area contributed by atoms with Crippen LogP contribution in [0.1, 0.15) is 29.2 Å². The number of hydrogen-bond acceptors (Lipinski definition) is 2. The van der Waals surface area contributed by atoms with Gasteiger partial charge in [-0.05, 0) is 36.1 Å². The van der Waals surface area contributed by atoms with Crippen LogP contribution in [0.4, 0.5) is 0 Å². The van der Waals surface area contributed by atoms with Crippen molar-refractivity contribution in [3.63, 3.8) is 0 Å². The first kappa shape index (κ1) is 12.5. The van der Waals surface area contributed by atoms with Crippen molar-refractivity contribution in [1.29, 1.82) is 0 Å². The smallest absolute Gasteiger partial charge is 0.128 e. The van der Waals surface area contributed by atoms with Crippen LogP contribution < -0.4 is 4.74 Å². The van der Waals surface area contributed by atoms with E-state index in [-0.39, 0.29) is 0 Å². The van der Waals surface area contributed by atoms with E-state index < -0.39 is 6.10 Å². The third-order valence-corrected chi connectivity index (χ3v) is 3.66. The van der Waals surface area contributed by atoms with Gasteiger partial charge in [-0.3, -0.25) is 0 Å². The summed E-state index contributed by atoms with van der Waals surface area (Å²) in [5.74, 6) is 0.834. The van der Waals surface area contributed by atoms with Gasteiger partial charge < -0.3 is 9.84 Å².